The first kappa shape index (κ1) is 17.3. The third-order valence-electron chi connectivity index (χ3n) is 5.47. The standard InChI is InChI=1S/C21H19N5O3/c1-2-18(29)25-8-6-12(11-25)26-19-15-5-7-22-20(15)23-10-16(19)24-21(26)14-4-3-13(27)9-17(14)28/h2-5,7,9-10,12,27-28H,1,6,8,11H2,(H,22,23). The number of carbonyl (C=O) groups excluding carboxylic acids is 1. The minimum Gasteiger partial charge on any atom is -0.508 e. The summed E-state index contributed by atoms with van der Waals surface area (Å²) in [6.45, 7) is 4.73. The third-order valence-corrected chi connectivity index (χ3v) is 5.47. The number of fused-ring (bicyclic) bond motifs is 3. The summed E-state index contributed by atoms with van der Waals surface area (Å²) >= 11 is 0. The van der Waals surface area contributed by atoms with E-state index >= 15 is 0 Å². The number of imidazole rings is 1. The van der Waals surface area contributed by atoms with Gasteiger partial charge in [0.1, 0.15) is 28.5 Å². The summed E-state index contributed by atoms with van der Waals surface area (Å²) in [6.07, 6.45) is 5.61. The molecule has 1 unspecified atom stereocenters. The molecule has 1 amide bonds. The molecule has 1 aliphatic rings. The summed E-state index contributed by atoms with van der Waals surface area (Å²) in [4.78, 5) is 26.2. The minimum atomic E-state index is -0.0978. The van der Waals surface area contributed by atoms with E-state index in [2.05, 4.69) is 21.1 Å². The largest absolute Gasteiger partial charge is 0.508 e. The van der Waals surface area contributed by atoms with Gasteiger partial charge in [-0.2, -0.15) is 0 Å². The molecule has 1 aromatic carbocycles. The quantitative estimate of drug-likeness (QED) is 0.467. The van der Waals surface area contributed by atoms with Gasteiger partial charge in [0.2, 0.25) is 5.91 Å². The van der Waals surface area contributed by atoms with Gasteiger partial charge in [-0.15, -0.1) is 0 Å². The molecule has 0 radical (unpaired) electrons. The van der Waals surface area contributed by atoms with Gasteiger partial charge in [0.25, 0.3) is 0 Å². The van der Waals surface area contributed by atoms with Crippen LogP contribution in [0.5, 0.6) is 11.5 Å². The lowest BCUT2D eigenvalue weighted by atomic mass is 10.1. The average molecular weight is 389 g/mol. The minimum absolute atomic E-state index is 0.0207. The summed E-state index contributed by atoms with van der Waals surface area (Å²) in [6, 6.07) is 6.39. The van der Waals surface area contributed by atoms with Gasteiger partial charge < -0.3 is 24.7 Å². The Hall–Kier alpha value is -3.81. The Morgan fingerprint density at radius 3 is 2.97 bits per heavy atom. The molecule has 8 heteroatoms. The predicted molar refractivity (Wildman–Crippen MR) is 109 cm³/mol. The SMILES string of the molecule is C=CC(=O)N1CCC(n2c(-c3ccc(O)cc3O)nc3cnc4[nH]ccc4c32)C1. The number of benzene rings is 1. The second kappa shape index (κ2) is 6.37. The van der Waals surface area contributed by atoms with Crippen LogP contribution in [0.1, 0.15) is 12.5 Å². The number of amides is 1. The van der Waals surface area contributed by atoms with Gasteiger partial charge in [0.05, 0.1) is 23.3 Å². The molecule has 0 bridgehead atoms. The highest BCUT2D eigenvalue weighted by Gasteiger charge is 2.31. The van der Waals surface area contributed by atoms with Crippen molar-refractivity contribution >= 4 is 28.0 Å². The maximum atomic E-state index is 12.1. The number of carbonyl (C=O) groups is 1. The smallest absolute Gasteiger partial charge is 0.246 e. The highest BCUT2D eigenvalue weighted by Crippen LogP contribution is 2.39. The Morgan fingerprint density at radius 2 is 2.17 bits per heavy atom. The molecule has 0 spiro atoms. The molecule has 0 aliphatic carbocycles. The lowest BCUT2D eigenvalue weighted by Gasteiger charge is -2.19. The van der Waals surface area contributed by atoms with Crippen LogP contribution in [0.15, 0.2) is 49.3 Å². The number of rotatable bonds is 3. The van der Waals surface area contributed by atoms with Gasteiger partial charge >= 0.3 is 0 Å². The molecule has 1 saturated heterocycles. The summed E-state index contributed by atoms with van der Waals surface area (Å²) in [5.74, 6) is 0.398. The van der Waals surface area contributed by atoms with Crippen LogP contribution in [0.3, 0.4) is 0 Å². The van der Waals surface area contributed by atoms with E-state index in [-0.39, 0.29) is 23.4 Å². The topological polar surface area (TPSA) is 107 Å². The molecular weight excluding hydrogens is 370 g/mol. The first-order valence-corrected chi connectivity index (χ1v) is 9.34. The summed E-state index contributed by atoms with van der Waals surface area (Å²) in [5.41, 5.74) is 2.86. The lowest BCUT2D eigenvalue weighted by molar-refractivity contribution is -0.125. The number of hydrogen-bond donors (Lipinski definition) is 3. The lowest BCUT2D eigenvalue weighted by Crippen LogP contribution is -2.27. The van der Waals surface area contributed by atoms with Crippen molar-refractivity contribution in [2.75, 3.05) is 13.1 Å². The van der Waals surface area contributed by atoms with Gasteiger partial charge in [-0.25, -0.2) is 9.97 Å². The molecule has 4 aromatic rings. The van der Waals surface area contributed by atoms with Crippen LogP contribution in [-0.2, 0) is 4.79 Å². The van der Waals surface area contributed by atoms with Crippen molar-refractivity contribution < 1.29 is 15.0 Å². The van der Waals surface area contributed by atoms with Crippen molar-refractivity contribution in [2.45, 2.75) is 12.5 Å². The summed E-state index contributed by atoms with van der Waals surface area (Å²) in [7, 11) is 0. The highest BCUT2D eigenvalue weighted by atomic mass is 16.3. The Balaban J connectivity index is 1.76. The fourth-order valence-electron chi connectivity index (χ4n) is 4.13. The van der Waals surface area contributed by atoms with E-state index in [1.807, 2.05) is 12.3 Å². The molecule has 0 saturated carbocycles. The Bertz CT molecular complexity index is 1270. The maximum Gasteiger partial charge on any atom is 0.246 e. The van der Waals surface area contributed by atoms with Gasteiger partial charge in [-0.05, 0) is 30.7 Å². The average Bonchev–Trinajstić information content (AvgIpc) is 3.43. The second-order valence-corrected chi connectivity index (χ2v) is 7.17. The number of likely N-dealkylation sites (tertiary alicyclic amines) is 1. The van der Waals surface area contributed by atoms with Crippen molar-refractivity contribution in [2.24, 2.45) is 0 Å². The van der Waals surface area contributed by atoms with Crippen LogP contribution >= 0.6 is 0 Å². The zero-order valence-corrected chi connectivity index (χ0v) is 15.5. The number of H-pyrrole nitrogens is 1. The number of hydrogen-bond acceptors (Lipinski definition) is 5. The molecule has 4 heterocycles. The molecule has 5 rings (SSSR count). The number of pyridine rings is 1. The van der Waals surface area contributed by atoms with E-state index in [0.29, 0.717) is 30.0 Å². The Kier molecular flexibility index (Phi) is 3.80. The van der Waals surface area contributed by atoms with Crippen LogP contribution in [-0.4, -0.2) is 53.6 Å². The van der Waals surface area contributed by atoms with Crippen molar-refractivity contribution in [3.8, 4) is 22.9 Å². The zero-order valence-electron chi connectivity index (χ0n) is 15.5. The van der Waals surface area contributed by atoms with Crippen LogP contribution in [0.4, 0.5) is 0 Å². The van der Waals surface area contributed by atoms with Crippen molar-refractivity contribution in [1.82, 2.24) is 24.4 Å². The fraction of sp³-hybridized carbons (Fsp3) is 0.190. The summed E-state index contributed by atoms with van der Waals surface area (Å²) < 4.78 is 2.08. The monoisotopic (exact) mass is 389 g/mol. The zero-order chi connectivity index (χ0) is 20.1. The van der Waals surface area contributed by atoms with Crippen LogP contribution in [0, 0.1) is 0 Å². The highest BCUT2D eigenvalue weighted by molar-refractivity contribution is 6.02. The van der Waals surface area contributed by atoms with Crippen LogP contribution < -0.4 is 0 Å². The van der Waals surface area contributed by atoms with Gasteiger partial charge in [-0.3, -0.25) is 4.79 Å². The van der Waals surface area contributed by atoms with Crippen LogP contribution in [0.2, 0.25) is 0 Å². The van der Waals surface area contributed by atoms with E-state index in [1.54, 1.807) is 17.2 Å². The van der Waals surface area contributed by atoms with Gasteiger partial charge in [0, 0.05) is 30.7 Å². The molecule has 1 atom stereocenters. The van der Waals surface area contributed by atoms with Crippen molar-refractivity contribution in [3.63, 3.8) is 0 Å². The first-order valence-electron chi connectivity index (χ1n) is 9.34. The second-order valence-electron chi connectivity index (χ2n) is 7.17. The maximum absolute atomic E-state index is 12.1. The molecular formula is C21H19N5O3. The summed E-state index contributed by atoms with van der Waals surface area (Å²) in [5, 5.41) is 21.1. The van der Waals surface area contributed by atoms with Gasteiger partial charge in [0.15, 0.2) is 0 Å². The van der Waals surface area contributed by atoms with Crippen molar-refractivity contribution in [3.05, 3.63) is 49.3 Å². The predicted octanol–water partition coefficient (Wildman–Crippen LogP) is 2.95. The Morgan fingerprint density at radius 1 is 1.31 bits per heavy atom. The fourth-order valence-corrected chi connectivity index (χ4v) is 4.13. The molecule has 146 valence electrons. The third kappa shape index (κ3) is 2.64. The molecule has 1 aliphatic heterocycles. The van der Waals surface area contributed by atoms with Crippen LogP contribution in [0.25, 0.3) is 33.5 Å². The number of aromatic amines is 1. The first-order chi connectivity index (χ1) is 14.1. The molecule has 8 nitrogen and oxygen atoms in total. The molecule has 3 aromatic heterocycles. The normalized spacial score (nSPS) is 16.7. The van der Waals surface area contributed by atoms with Crippen molar-refractivity contribution in [1.29, 1.82) is 0 Å². The number of phenols is 2. The number of nitrogens with zero attached hydrogens (tertiary/aromatic N) is 4. The van der Waals surface area contributed by atoms with E-state index in [4.69, 9.17) is 4.98 Å². The molecule has 29 heavy (non-hydrogen) atoms. The number of aromatic hydroxyl groups is 2. The van der Waals surface area contributed by atoms with E-state index in [1.165, 1.54) is 18.2 Å². The molecule has 1 fully saturated rings. The number of aromatic nitrogens is 4. The van der Waals surface area contributed by atoms with Gasteiger partial charge in [-0.1, -0.05) is 6.58 Å². The van der Waals surface area contributed by atoms with E-state index in [9.17, 15) is 15.0 Å². The number of nitrogens with one attached hydrogen (secondary N) is 1. The molecule has 3 N–H and O–H groups in total. The number of phenolic OH excluding ortho intramolecular Hbond substituents is 2. The Labute approximate surface area is 165 Å². The van der Waals surface area contributed by atoms with E-state index in [0.717, 1.165) is 23.0 Å². The van der Waals surface area contributed by atoms with E-state index < -0.39 is 0 Å².